The number of hydrogen-bond donors (Lipinski definition) is 1. The molecule has 0 unspecified atom stereocenters. The van der Waals surface area contributed by atoms with E-state index in [-0.39, 0.29) is 11.7 Å². The molecule has 0 saturated carbocycles. The molecule has 0 saturated heterocycles. The second kappa shape index (κ2) is 11.8. The maximum Gasteiger partial charge on any atom is 0.338 e. The van der Waals surface area contributed by atoms with Crippen LogP contribution in [0.4, 0.5) is 5.69 Å². The maximum atomic E-state index is 12.3. The third kappa shape index (κ3) is 6.27. The molecule has 36 heavy (non-hydrogen) atoms. The van der Waals surface area contributed by atoms with Crippen LogP contribution in [0, 0.1) is 6.92 Å². The van der Waals surface area contributed by atoms with E-state index >= 15 is 0 Å². The predicted molar refractivity (Wildman–Crippen MR) is 142 cm³/mol. The standard InChI is InChI=1S/C26H24N4O4S2/c1-4-34-26(32)17-8-10-19(11-9-17)28-22(31)15-35-23-13-12-21(29-30-23)24-16(2)27-25(36-24)18-6-5-7-20(14-18)33-3/h5-14H,4,15H2,1-3H3,(H,28,31). The SMILES string of the molecule is CCOC(=O)c1ccc(NC(=O)CSc2ccc(-c3sc(-c4cccc(OC)c4)nc3C)nn2)cc1. The normalized spacial score (nSPS) is 10.6. The summed E-state index contributed by atoms with van der Waals surface area (Å²) in [5.74, 6) is 0.377. The van der Waals surface area contributed by atoms with Gasteiger partial charge in [0.1, 0.15) is 21.5 Å². The van der Waals surface area contributed by atoms with Crippen molar-refractivity contribution in [3.05, 3.63) is 71.9 Å². The lowest BCUT2D eigenvalue weighted by molar-refractivity contribution is -0.113. The van der Waals surface area contributed by atoms with Crippen molar-refractivity contribution in [2.75, 3.05) is 24.8 Å². The number of carbonyl (C=O) groups is 2. The fourth-order valence-electron chi connectivity index (χ4n) is 3.27. The average molecular weight is 521 g/mol. The minimum atomic E-state index is -0.391. The first-order chi connectivity index (χ1) is 17.5. The first kappa shape index (κ1) is 25.3. The molecule has 8 nitrogen and oxygen atoms in total. The molecule has 2 aromatic heterocycles. The second-order valence-electron chi connectivity index (χ2n) is 7.56. The molecule has 0 spiro atoms. The van der Waals surface area contributed by atoms with Crippen LogP contribution in [0.15, 0.2) is 65.7 Å². The quantitative estimate of drug-likeness (QED) is 0.228. The van der Waals surface area contributed by atoms with Crippen LogP contribution in [0.25, 0.3) is 21.1 Å². The molecule has 0 aliphatic heterocycles. The zero-order chi connectivity index (χ0) is 25.5. The number of carbonyl (C=O) groups excluding carboxylic acids is 2. The summed E-state index contributed by atoms with van der Waals surface area (Å²) in [6, 6.07) is 18.1. The minimum absolute atomic E-state index is 0.174. The predicted octanol–water partition coefficient (Wildman–Crippen LogP) is 5.49. The molecule has 0 aliphatic rings. The highest BCUT2D eigenvalue weighted by Crippen LogP contribution is 2.35. The fraction of sp³-hybridized carbons (Fsp3) is 0.192. The number of esters is 1. The number of rotatable bonds is 9. The van der Waals surface area contributed by atoms with Gasteiger partial charge in [0.15, 0.2) is 0 Å². The monoisotopic (exact) mass is 520 g/mol. The molecular weight excluding hydrogens is 496 g/mol. The van der Waals surface area contributed by atoms with Crippen molar-refractivity contribution in [2.45, 2.75) is 18.9 Å². The van der Waals surface area contributed by atoms with E-state index in [1.807, 2.05) is 43.3 Å². The number of ether oxygens (including phenoxy) is 2. The Morgan fingerprint density at radius 1 is 1.06 bits per heavy atom. The Kier molecular flexibility index (Phi) is 8.29. The molecule has 0 aliphatic carbocycles. The summed E-state index contributed by atoms with van der Waals surface area (Å²) in [6.45, 7) is 4.01. The molecule has 0 bridgehead atoms. The van der Waals surface area contributed by atoms with E-state index in [1.165, 1.54) is 11.8 Å². The molecular formula is C26H24N4O4S2. The Balaban J connectivity index is 1.35. The number of nitrogens with zero attached hydrogens (tertiary/aromatic N) is 3. The van der Waals surface area contributed by atoms with Crippen molar-refractivity contribution in [3.8, 4) is 26.9 Å². The Hall–Kier alpha value is -3.76. The highest BCUT2D eigenvalue weighted by molar-refractivity contribution is 7.99. The van der Waals surface area contributed by atoms with Gasteiger partial charge >= 0.3 is 5.97 Å². The summed E-state index contributed by atoms with van der Waals surface area (Å²) in [6.07, 6.45) is 0. The van der Waals surface area contributed by atoms with Gasteiger partial charge in [0.05, 0.1) is 35.6 Å². The topological polar surface area (TPSA) is 103 Å². The van der Waals surface area contributed by atoms with Crippen molar-refractivity contribution in [1.82, 2.24) is 15.2 Å². The lowest BCUT2D eigenvalue weighted by atomic mass is 10.2. The number of methoxy groups -OCH3 is 1. The summed E-state index contributed by atoms with van der Waals surface area (Å²) in [4.78, 5) is 29.7. The number of thioether (sulfide) groups is 1. The molecule has 4 aromatic rings. The van der Waals surface area contributed by atoms with Crippen LogP contribution in [0.5, 0.6) is 5.75 Å². The van der Waals surface area contributed by atoms with Crippen molar-refractivity contribution in [2.24, 2.45) is 0 Å². The number of nitrogens with one attached hydrogen (secondary N) is 1. The van der Waals surface area contributed by atoms with Crippen molar-refractivity contribution >= 4 is 40.7 Å². The number of hydrogen-bond acceptors (Lipinski definition) is 9. The second-order valence-corrected chi connectivity index (χ2v) is 9.55. The highest BCUT2D eigenvalue weighted by atomic mass is 32.2. The lowest BCUT2D eigenvalue weighted by Crippen LogP contribution is -2.14. The van der Waals surface area contributed by atoms with E-state index in [0.29, 0.717) is 22.9 Å². The van der Waals surface area contributed by atoms with Crippen molar-refractivity contribution in [3.63, 3.8) is 0 Å². The number of aryl methyl sites for hydroxylation is 1. The number of aromatic nitrogens is 3. The van der Waals surface area contributed by atoms with E-state index in [1.54, 1.807) is 49.6 Å². The Labute approximate surface area is 217 Å². The third-order valence-corrected chi connectivity index (χ3v) is 7.17. The van der Waals surface area contributed by atoms with Gasteiger partial charge in [-0.1, -0.05) is 23.9 Å². The van der Waals surface area contributed by atoms with Gasteiger partial charge in [-0.05, 0) is 62.4 Å². The minimum Gasteiger partial charge on any atom is -0.497 e. The first-order valence-corrected chi connectivity index (χ1v) is 12.9. The van der Waals surface area contributed by atoms with Crippen molar-refractivity contribution < 1.29 is 19.1 Å². The maximum absolute atomic E-state index is 12.3. The van der Waals surface area contributed by atoms with Gasteiger partial charge in [-0.3, -0.25) is 4.79 Å². The smallest absolute Gasteiger partial charge is 0.338 e. The van der Waals surface area contributed by atoms with E-state index in [2.05, 4.69) is 15.5 Å². The van der Waals surface area contributed by atoms with E-state index in [4.69, 9.17) is 14.5 Å². The molecule has 0 fully saturated rings. The van der Waals surface area contributed by atoms with Gasteiger partial charge in [0.25, 0.3) is 0 Å². The number of amides is 1. The van der Waals surface area contributed by atoms with Crippen LogP contribution in [0.3, 0.4) is 0 Å². The van der Waals surface area contributed by atoms with Crippen LogP contribution in [-0.2, 0) is 9.53 Å². The molecule has 0 atom stereocenters. The lowest BCUT2D eigenvalue weighted by Gasteiger charge is -2.06. The van der Waals surface area contributed by atoms with Gasteiger partial charge in [-0.2, -0.15) is 0 Å². The van der Waals surface area contributed by atoms with Gasteiger partial charge in [-0.15, -0.1) is 21.5 Å². The summed E-state index contributed by atoms with van der Waals surface area (Å²) >= 11 is 2.84. The first-order valence-electron chi connectivity index (χ1n) is 11.1. The van der Waals surface area contributed by atoms with Gasteiger partial charge in [0, 0.05) is 11.3 Å². The van der Waals surface area contributed by atoms with E-state index in [0.717, 1.165) is 32.6 Å². The molecule has 1 N–H and O–H groups in total. The largest absolute Gasteiger partial charge is 0.497 e. The molecule has 2 aromatic carbocycles. The summed E-state index contributed by atoms with van der Waals surface area (Å²) in [7, 11) is 1.64. The number of anilines is 1. The Bertz CT molecular complexity index is 1360. The zero-order valence-electron chi connectivity index (χ0n) is 20.0. The highest BCUT2D eigenvalue weighted by Gasteiger charge is 2.14. The zero-order valence-corrected chi connectivity index (χ0v) is 21.6. The van der Waals surface area contributed by atoms with Gasteiger partial charge in [0.2, 0.25) is 5.91 Å². The molecule has 4 rings (SSSR count). The van der Waals surface area contributed by atoms with E-state index < -0.39 is 5.97 Å². The molecule has 1 amide bonds. The fourth-order valence-corrected chi connectivity index (χ4v) is 4.91. The summed E-state index contributed by atoms with van der Waals surface area (Å²) < 4.78 is 10.3. The number of thiazole rings is 1. The molecule has 184 valence electrons. The van der Waals surface area contributed by atoms with Crippen LogP contribution >= 0.6 is 23.1 Å². The van der Waals surface area contributed by atoms with Crippen LogP contribution < -0.4 is 10.1 Å². The summed E-state index contributed by atoms with van der Waals surface area (Å²) in [5.41, 5.74) is 3.62. The van der Waals surface area contributed by atoms with Crippen LogP contribution in [0.2, 0.25) is 0 Å². The average Bonchev–Trinajstić information content (AvgIpc) is 3.30. The Morgan fingerprint density at radius 2 is 1.86 bits per heavy atom. The van der Waals surface area contributed by atoms with E-state index in [9.17, 15) is 9.59 Å². The van der Waals surface area contributed by atoms with Gasteiger partial charge < -0.3 is 14.8 Å². The molecule has 2 heterocycles. The summed E-state index contributed by atoms with van der Waals surface area (Å²) in [5, 5.41) is 13.0. The Morgan fingerprint density at radius 3 is 2.56 bits per heavy atom. The van der Waals surface area contributed by atoms with Crippen LogP contribution in [-0.4, -0.2) is 46.5 Å². The molecule has 10 heteroatoms. The number of benzene rings is 2. The van der Waals surface area contributed by atoms with Gasteiger partial charge in [-0.25, -0.2) is 9.78 Å². The van der Waals surface area contributed by atoms with Crippen molar-refractivity contribution in [1.29, 1.82) is 0 Å². The molecule has 0 radical (unpaired) electrons. The van der Waals surface area contributed by atoms with Crippen LogP contribution in [0.1, 0.15) is 23.0 Å². The third-order valence-electron chi connectivity index (χ3n) is 5.02.